The Morgan fingerprint density at radius 2 is 1.88 bits per heavy atom. The lowest BCUT2D eigenvalue weighted by atomic mass is 9.93. The Morgan fingerprint density at radius 1 is 1.12 bits per heavy atom. The quantitative estimate of drug-likeness (QED) is 0.614. The predicted molar refractivity (Wildman–Crippen MR) is 124 cm³/mol. The fraction of sp³-hybridized carbons (Fsp3) is 0.385. The summed E-state index contributed by atoms with van der Waals surface area (Å²) in [5, 5.41) is 3.23. The molecule has 2 amide bonds. The minimum absolute atomic E-state index is 0.123. The maximum absolute atomic E-state index is 13.8. The molecule has 7 heteroatoms. The summed E-state index contributed by atoms with van der Waals surface area (Å²) in [7, 11) is 1.61. The van der Waals surface area contributed by atoms with Gasteiger partial charge in [-0.1, -0.05) is 31.0 Å². The zero-order valence-electron chi connectivity index (χ0n) is 19.0. The Balaban J connectivity index is 1.56. The number of furan rings is 1. The van der Waals surface area contributed by atoms with Gasteiger partial charge in [-0.3, -0.25) is 9.59 Å². The maximum atomic E-state index is 13.8. The van der Waals surface area contributed by atoms with E-state index in [0.717, 1.165) is 36.9 Å². The average Bonchev–Trinajstić information content (AvgIpc) is 3.58. The second-order valence-corrected chi connectivity index (χ2v) is 9.10. The molecule has 1 aliphatic heterocycles. The summed E-state index contributed by atoms with van der Waals surface area (Å²) < 4.78 is 13.0. The van der Waals surface area contributed by atoms with E-state index in [0.29, 0.717) is 23.7 Å². The smallest absolute Gasteiger partial charge is 0.271 e. The summed E-state index contributed by atoms with van der Waals surface area (Å²) in [6.45, 7) is 2.48. The van der Waals surface area contributed by atoms with Crippen molar-refractivity contribution in [2.75, 3.05) is 7.11 Å². The van der Waals surface area contributed by atoms with E-state index in [-0.39, 0.29) is 24.4 Å². The van der Waals surface area contributed by atoms with Crippen LogP contribution in [0.25, 0.3) is 11.5 Å². The summed E-state index contributed by atoms with van der Waals surface area (Å²) >= 11 is 0. The van der Waals surface area contributed by atoms with Crippen LogP contribution in [-0.2, 0) is 17.9 Å². The van der Waals surface area contributed by atoms with Gasteiger partial charge >= 0.3 is 0 Å². The molecule has 0 bridgehead atoms. The number of rotatable bonds is 6. The third kappa shape index (κ3) is 3.71. The molecular formula is C26H29N3O4. The van der Waals surface area contributed by atoms with Crippen molar-refractivity contribution in [3.63, 3.8) is 0 Å². The first-order valence-electron chi connectivity index (χ1n) is 11.5. The van der Waals surface area contributed by atoms with Crippen molar-refractivity contribution in [1.29, 1.82) is 0 Å². The van der Waals surface area contributed by atoms with Crippen LogP contribution in [0.15, 0.2) is 59.2 Å². The van der Waals surface area contributed by atoms with E-state index in [1.165, 1.54) is 0 Å². The lowest BCUT2D eigenvalue weighted by molar-refractivity contribution is -0.133. The topological polar surface area (TPSA) is 76.7 Å². The molecule has 1 saturated carbocycles. The van der Waals surface area contributed by atoms with E-state index < -0.39 is 5.54 Å². The molecule has 172 valence electrons. The Kier molecular flexibility index (Phi) is 5.48. The highest BCUT2D eigenvalue weighted by molar-refractivity contribution is 6.00. The van der Waals surface area contributed by atoms with Crippen LogP contribution in [-0.4, -0.2) is 40.0 Å². The molecule has 1 aliphatic carbocycles. The van der Waals surface area contributed by atoms with Crippen LogP contribution in [0.2, 0.25) is 0 Å². The molecule has 3 aromatic rings. The van der Waals surface area contributed by atoms with E-state index in [1.54, 1.807) is 18.3 Å². The molecule has 5 rings (SSSR count). The van der Waals surface area contributed by atoms with Crippen molar-refractivity contribution in [3.8, 4) is 17.2 Å². The summed E-state index contributed by atoms with van der Waals surface area (Å²) in [6.07, 6.45) is 5.81. The zero-order chi connectivity index (χ0) is 23.0. The first-order valence-corrected chi connectivity index (χ1v) is 11.5. The molecule has 33 heavy (non-hydrogen) atoms. The predicted octanol–water partition coefficient (Wildman–Crippen LogP) is 4.23. The second-order valence-electron chi connectivity index (χ2n) is 9.10. The minimum atomic E-state index is -1.08. The third-order valence-corrected chi connectivity index (χ3v) is 6.98. The van der Waals surface area contributed by atoms with Crippen LogP contribution in [0, 0.1) is 0 Å². The van der Waals surface area contributed by atoms with Gasteiger partial charge < -0.3 is 23.9 Å². The van der Waals surface area contributed by atoms with Gasteiger partial charge in [-0.2, -0.15) is 0 Å². The third-order valence-electron chi connectivity index (χ3n) is 6.98. The van der Waals surface area contributed by atoms with Crippen molar-refractivity contribution in [1.82, 2.24) is 14.8 Å². The molecule has 1 N–H and O–H groups in total. The van der Waals surface area contributed by atoms with Crippen LogP contribution in [0.3, 0.4) is 0 Å². The van der Waals surface area contributed by atoms with Crippen LogP contribution in [0.4, 0.5) is 0 Å². The average molecular weight is 448 g/mol. The summed E-state index contributed by atoms with van der Waals surface area (Å²) in [6, 6.07) is 15.2. The molecule has 7 nitrogen and oxygen atoms in total. The largest absolute Gasteiger partial charge is 0.496 e. The number of para-hydroxylation sites is 1. The number of nitrogens with zero attached hydrogens (tertiary/aromatic N) is 2. The highest BCUT2D eigenvalue weighted by Crippen LogP contribution is 2.35. The maximum Gasteiger partial charge on any atom is 0.271 e. The van der Waals surface area contributed by atoms with Crippen molar-refractivity contribution >= 4 is 11.8 Å². The van der Waals surface area contributed by atoms with Crippen LogP contribution < -0.4 is 10.1 Å². The van der Waals surface area contributed by atoms with E-state index in [4.69, 9.17) is 9.15 Å². The first-order chi connectivity index (χ1) is 16.0. The van der Waals surface area contributed by atoms with E-state index >= 15 is 0 Å². The van der Waals surface area contributed by atoms with Crippen molar-refractivity contribution < 1.29 is 18.7 Å². The van der Waals surface area contributed by atoms with Gasteiger partial charge in [0, 0.05) is 11.6 Å². The fourth-order valence-corrected chi connectivity index (χ4v) is 5.08. The molecule has 0 radical (unpaired) electrons. The molecule has 0 unspecified atom stereocenters. The van der Waals surface area contributed by atoms with Crippen LogP contribution >= 0.6 is 0 Å². The molecule has 2 aromatic heterocycles. The summed E-state index contributed by atoms with van der Waals surface area (Å²) in [5.41, 5.74) is 1.12. The second kappa shape index (κ2) is 8.46. The summed E-state index contributed by atoms with van der Waals surface area (Å²) in [5.74, 6) is 1.06. The van der Waals surface area contributed by atoms with Gasteiger partial charge in [0.05, 0.1) is 32.2 Å². The number of hydrogen-bond donors (Lipinski definition) is 1. The molecule has 1 fully saturated rings. The number of fused-ring (bicyclic) bond motifs is 1. The van der Waals surface area contributed by atoms with Gasteiger partial charge in [-0.05, 0) is 50.1 Å². The lowest BCUT2D eigenvalue weighted by Crippen LogP contribution is -2.64. The molecule has 1 aromatic carbocycles. The Hall–Kier alpha value is -3.48. The van der Waals surface area contributed by atoms with Gasteiger partial charge in [0.2, 0.25) is 5.91 Å². The molecule has 3 heterocycles. The number of aromatic nitrogens is 1. The monoisotopic (exact) mass is 447 g/mol. The van der Waals surface area contributed by atoms with Crippen LogP contribution in [0.1, 0.15) is 48.7 Å². The fourth-order valence-electron chi connectivity index (χ4n) is 5.08. The van der Waals surface area contributed by atoms with Crippen LogP contribution in [0.5, 0.6) is 5.75 Å². The highest BCUT2D eigenvalue weighted by Gasteiger charge is 2.48. The molecular weight excluding hydrogens is 418 g/mol. The number of carbonyl (C=O) groups excluding carboxylic acids is 2. The lowest BCUT2D eigenvalue weighted by Gasteiger charge is -2.44. The summed E-state index contributed by atoms with van der Waals surface area (Å²) in [4.78, 5) is 29.2. The number of nitrogens with one attached hydrogen (secondary N) is 1. The number of carbonyl (C=O) groups is 2. The van der Waals surface area contributed by atoms with E-state index in [1.807, 2.05) is 60.0 Å². The Labute approximate surface area is 193 Å². The van der Waals surface area contributed by atoms with Gasteiger partial charge in [-0.25, -0.2) is 0 Å². The van der Waals surface area contributed by atoms with E-state index in [9.17, 15) is 9.59 Å². The SMILES string of the molecule is COc1ccccc1CN1C(=O)c2ccc(-c3ccco3)n2C[C@]1(C)C(=O)NC1CCCC1. The first kappa shape index (κ1) is 21.4. The number of ether oxygens (including phenoxy) is 1. The molecule has 0 saturated heterocycles. The van der Waals surface area contributed by atoms with E-state index in [2.05, 4.69) is 5.32 Å². The number of amides is 2. The van der Waals surface area contributed by atoms with Gasteiger partial charge in [0.15, 0.2) is 0 Å². The number of benzene rings is 1. The zero-order valence-corrected chi connectivity index (χ0v) is 19.0. The van der Waals surface area contributed by atoms with Gasteiger partial charge in [0.25, 0.3) is 5.91 Å². The van der Waals surface area contributed by atoms with Crippen molar-refractivity contribution in [2.45, 2.75) is 57.3 Å². The molecule has 2 aliphatic rings. The highest BCUT2D eigenvalue weighted by atomic mass is 16.5. The Bertz CT molecular complexity index is 1160. The standard InChI is InChI=1S/C26H29N3O4/c1-26(25(31)27-19-9-4-5-10-19)17-28-20(23-12-7-15-33-23)13-14-21(28)24(30)29(26)16-18-8-3-6-11-22(18)32-2/h3,6-8,11-15,19H,4-5,9-10,16-17H2,1-2H3,(H,27,31)/t26-/m1/s1. The molecule has 0 spiro atoms. The normalized spacial score (nSPS) is 20.7. The minimum Gasteiger partial charge on any atom is -0.496 e. The molecule has 1 atom stereocenters. The Morgan fingerprint density at radius 3 is 2.61 bits per heavy atom. The van der Waals surface area contributed by atoms with Crippen molar-refractivity contribution in [3.05, 3.63) is 66.1 Å². The van der Waals surface area contributed by atoms with Gasteiger partial charge in [0.1, 0.15) is 22.7 Å². The number of hydrogen-bond acceptors (Lipinski definition) is 4. The van der Waals surface area contributed by atoms with Crippen molar-refractivity contribution in [2.24, 2.45) is 0 Å². The number of methoxy groups -OCH3 is 1. The van der Waals surface area contributed by atoms with Gasteiger partial charge in [-0.15, -0.1) is 0 Å².